The second-order valence-electron chi connectivity index (χ2n) is 10.4. The summed E-state index contributed by atoms with van der Waals surface area (Å²) in [6.45, 7) is 7.13. The molecule has 1 fully saturated rings. The molecule has 212 valence electrons. The van der Waals surface area contributed by atoms with Crippen LogP contribution >= 0.6 is 0 Å². The zero-order valence-electron chi connectivity index (χ0n) is 22.2. The molecule has 0 N–H and O–H groups in total. The molecule has 0 unspecified atom stereocenters. The quantitative estimate of drug-likeness (QED) is 0.281. The fraction of sp³-hybridized carbons (Fsp3) is 0.357. The number of hydrogen-bond donors (Lipinski definition) is 0. The van der Waals surface area contributed by atoms with Crippen molar-refractivity contribution < 1.29 is 26.0 Å². The van der Waals surface area contributed by atoms with Gasteiger partial charge in [0.2, 0.25) is 10.0 Å². The summed E-state index contributed by atoms with van der Waals surface area (Å²) in [5, 5.41) is 5.28. The average molecular weight is 576 g/mol. The van der Waals surface area contributed by atoms with Crippen molar-refractivity contribution in [1.82, 2.24) is 24.0 Å². The summed E-state index contributed by atoms with van der Waals surface area (Å²) in [6.07, 6.45) is -2.28. The second kappa shape index (κ2) is 10.6. The molecule has 1 atom stereocenters. The van der Waals surface area contributed by atoms with Crippen LogP contribution in [0.25, 0.3) is 16.6 Å². The van der Waals surface area contributed by atoms with Crippen LogP contribution in [0.2, 0.25) is 0 Å². The normalized spacial score (nSPS) is 17.6. The van der Waals surface area contributed by atoms with Crippen molar-refractivity contribution in [3.63, 3.8) is 0 Å². The molecule has 1 aliphatic rings. The minimum Gasteiger partial charge on any atom is -0.293 e. The predicted molar refractivity (Wildman–Crippen MR) is 143 cm³/mol. The molecule has 40 heavy (non-hydrogen) atoms. The summed E-state index contributed by atoms with van der Waals surface area (Å²) in [7, 11) is -4.48. The summed E-state index contributed by atoms with van der Waals surface area (Å²) in [4.78, 5) is 4.69. The van der Waals surface area contributed by atoms with E-state index in [0.717, 1.165) is 38.6 Å². The number of alkyl halides is 3. The van der Waals surface area contributed by atoms with Crippen LogP contribution in [-0.2, 0) is 16.2 Å². The number of sulfonamides is 1. The Morgan fingerprint density at radius 3 is 2.48 bits per heavy atom. The van der Waals surface area contributed by atoms with E-state index in [4.69, 9.17) is 0 Å². The van der Waals surface area contributed by atoms with Gasteiger partial charge in [0.1, 0.15) is 10.7 Å². The molecule has 2 aromatic heterocycles. The Morgan fingerprint density at radius 2 is 1.80 bits per heavy atom. The average Bonchev–Trinajstić information content (AvgIpc) is 3.30. The minimum absolute atomic E-state index is 0.0142. The van der Waals surface area contributed by atoms with Crippen LogP contribution < -0.4 is 0 Å². The zero-order valence-corrected chi connectivity index (χ0v) is 23.0. The van der Waals surface area contributed by atoms with E-state index in [0.29, 0.717) is 18.8 Å². The molecule has 3 heterocycles. The summed E-state index contributed by atoms with van der Waals surface area (Å²) < 4.78 is 84.4. The van der Waals surface area contributed by atoms with Crippen molar-refractivity contribution in [2.75, 3.05) is 26.2 Å². The van der Waals surface area contributed by atoms with Crippen molar-refractivity contribution in [2.45, 2.75) is 37.9 Å². The maximum atomic E-state index is 13.7. The number of halogens is 4. The van der Waals surface area contributed by atoms with Gasteiger partial charge in [-0.05, 0) is 72.5 Å². The first kappa shape index (κ1) is 28.2. The van der Waals surface area contributed by atoms with Gasteiger partial charge in [-0.2, -0.15) is 22.6 Å². The van der Waals surface area contributed by atoms with Crippen molar-refractivity contribution in [1.29, 1.82) is 0 Å². The van der Waals surface area contributed by atoms with E-state index in [1.54, 1.807) is 23.0 Å². The van der Waals surface area contributed by atoms with Crippen molar-refractivity contribution in [2.24, 2.45) is 5.92 Å². The highest BCUT2D eigenvalue weighted by molar-refractivity contribution is 7.89. The van der Waals surface area contributed by atoms with Gasteiger partial charge in [-0.1, -0.05) is 13.8 Å². The van der Waals surface area contributed by atoms with Gasteiger partial charge >= 0.3 is 6.18 Å². The largest absolute Gasteiger partial charge is 0.434 e. The Morgan fingerprint density at radius 1 is 1.07 bits per heavy atom. The molecule has 0 bridgehead atoms. The minimum atomic E-state index is -4.91. The first-order chi connectivity index (χ1) is 18.9. The van der Waals surface area contributed by atoms with Crippen LogP contribution in [0.3, 0.4) is 0 Å². The molecule has 5 rings (SSSR count). The van der Waals surface area contributed by atoms with E-state index in [2.05, 4.69) is 28.8 Å². The van der Waals surface area contributed by atoms with Gasteiger partial charge in [0, 0.05) is 43.8 Å². The highest BCUT2D eigenvalue weighted by atomic mass is 32.2. The van der Waals surface area contributed by atoms with Crippen LogP contribution in [0.4, 0.5) is 17.6 Å². The number of pyridine rings is 1. The number of aromatic nitrogens is 3. The third-order valence-electron chi connectivity index (χ3n) is 7.10. The standard InChI is InChI=1S/C28H29F4N5O2S/c1-18(2)16-35-11-12-36(40(38,39)26-5-4-10-33-27(26)28(30,31)32)17-25(35)23-14-20-15-34-37(24(20)13-19(23)3)22-8-6-21(29)7-9-22/h4-10,13-15,18,25H,11-12,16-17H2,1-3H3/t25-/m0/s1. The maximum absolute atomic E-state index is 13.7. The number of benzene rings is 2. The van der Waals surface area contributed by atoms with E-state index in [9.17, 15) is 26.0 Å². The maximum Gasteiger partial charge on any atom is 0.434 e. The first-order valence-electron chi connectivity index (χ1n) is 12.9. The van der Waals surface area contributed by atoms with Crippen LogP contribution in [0, 0.1) is 18.7 Å². The Labute approximate surface area is 230 Å². The lowest BCUT2D eigenvalue weighted by molar-refractivity contribution is -0.143. The molecule has 2 aromatic carbocycles. The lowest BCUT2D eigenvalue weighted by Crippen LogP contribution is -2.51. The third kappa shape index (κ3) is 5.35. The number of nitrogens with zero attached hydrogens (tertiary/aromatic N) is 5. The van der Waals surface area contributed by atoms with Gasteiger partial charge in [0.05, 0.1) is 17.4 Å². The highest BCUT2D eigenvalue weighted by Gasteiger charge is 2.43. The molecule has 1 aliphatic heterocycles. The Kier molecular flexibility index (Phi) is 7.45. The van der Waals surface area contributed by atoms with Gasteiger partial charge in [-0.3, -0.25) is 9.88 Å². The number of rotatable bonds is 6. The summed E-state index contributed by atoms with van der Waals surface area (Å²) in [5.41, 5.74) is 1.83. The monoisotopic (exact) mass is 575 g/mol. The molecule has 4 aromatic rings. The molecular formula is C28H29F4N5O2S. The number of fused-ring (bicyclic) bond motifs is 1. The highest BCUT2D eigenvalue weighted by Crippen LogP contribution is 2.37. The number of piperazine rings is 1. The van der Waals surface area contributed by atoms with E-state index < -0.39 is 32.8 Å². The molecule has 0 amide bonds. The topological polar surface area (TPSA) is 71.3 Å². The Bertz CT molecular complexity index is 1630. The van der Waals surface area contributed by atoms with E-state index in [1.807, 2.05) is 19.1 Å². The molecule has 0 radical (unpaired) electrons. The van der Waals surface area contributed by atoms with Crippen LogP contribution in [0.1, 0.15) is 36.7 Å². The van der Waals surface area contributed by atoms with Gasteiger partial charge in [-0.15, -0.1) is 0 Å². The zero-order chi connectivity index (χ0) is 28.8. The fourth-order valence-electron chi connectivity index (χ4n) is 5.29. The molecule has 1 saturated heterocycles. The van der Waals surface area contributed by atoms with Crippen molar-refractivity contribution in [3.8, 4) is 5.69 Å². The molecule has 0 saturated carbocycles. The van der Waals surface area contributed by atoms with Gasteiger partial charge < -0.3 is 0 Å². The predicted octanol–water partition coefficient (Wildman–Crippen LogP) is 5.59. The van der Waals surface area contributed by atoms with E-state index >= 15 is 0 Å². The molecule has 7 nitrogen and oxygen atoms in total. The van der Waals surface area contributed by atoms with Crippen LogP contribution in [0.5, 0.6) is 0 Å². The lowest BCUT2D eigenvalue weighted by atomic mass is 9.96. The Hall–Kier alpha value is -3.35. The van der Waals surface area contributed by atoms with Gasteiger partial charge in [0.25, 0.3) is 0 Å². The number of hydrogen-bond acceptors (Lipinski definition) is 5. The van der Waals surface area contributed by atoms with Gasteiger partial charge in [0.15, 0.2) is 5.69 Å². The summed E-state index contributed by atoms with van der Waals surface area (Å²) in [6, 6.07) is 11.7. The van der Waals surface area contributed by atoms with Crippen molar-refractivity contribution >= 4 is 20.9 Å². The smallest absolute Gasteiger partial charge is 0.293 e. The fourth-order valence-corrected chi connectivity index (χ4v) is 6.89. The summed E-state index contributed by atoms with van der Waals surface area (Å²) in [5.74, 6) is -0.0690. The van der Waals surface area contributed by atoms with Crippen LogP contribution in [-0.4, -0.2) is 58.6 Å². The third-order valence-corrected chi connectivity index (χ3v) is 8.99. The first-order valence-corrected chi connectivity index (χ1v) is 14.3. The molecular weight excluding hydrogens is 546 g/mol. The van der Waals surface area contributed by atoms with Gasteiger partial charge in [-0.25, -0.2) is 17.5 Å². The summed E-state index contributed by atoms with van der Waals surface area (Å²) >= 11 is 0. The van der Waals surface area contributed by atoms with Crippen LogP contribution in [0.15, 0.2) is 65.8 Å². The van der Waals surface area contributed by atoms with E-state index in [-0.39, 0.29) is 24.8 Å². The Balaban J connectivity index is 1.55. The molecule has 0 spiro atoms. The van der Waals surface area contributed by atoms with E-state index in [1.165, 1.54) is 18.2 Å². The number of aryl methyl sites for hydroxylation is 1. The lowest BCUT2D eigenvalue weighted by Gasteiger charge is -2.42. The second-order valence-corrected chi connectivity index (χ2v) is 12.3. The SMILES string of the molecule is Cc1cc2c(cnn2-c2ccc(F)cc2)cc1[C@@H]1CN(S(=O)(=O)c2cccnc2C(F)(F)F)CCN1CC(C)C. The molecule has 12 heteroatoms. The molecule has 0 aliphatic carbocycles. The van der Waals surface area contributed by atoms with Crippen molar-refractivity contribution in [3.05, 3.63) is 83.6 Å².